The minimum absolute atomic E-state index is 0.106. The number of aliphatic hydroxyl groups excluding tert-OH is 1. The topological polar surface area (TPSA) is 46.2 Å². The van der Waals surface area contributed by atoms with Gasteiger partial charge in [-0.25, -0.2) is 0 Å². The van der Waals surface area contributed by atoms with Crippen molar-refractivity contribution >= 4 is 0 Å². The van der Waals surface area contributed by atoms with Crippen molar-refractivity contribution in [3.8, 4) is 0 Å². The lowest BCUT2D eigenvalue weighted by Crippen LogP contribution is -2.17. The van der Waals surface area contributed by atoms with Gasteiger partial charge < -0.3 is 10.8 Å². The molecule has 1 unspecified atom stereocenters. The number of rotatable bonds is 3. The number of hydrogen-bond acceptors (Lipinski definition) is 2. The molecule has 0 bridgehead atoms. The van der Waals surface area contributed by atoms with Crippen molar-refractivity contribution in [2.45, 2.75) is 12.5 Å². The summed E-state index contributed by atoms with van der Waals surface area (Å²) < 4.78 is 0. The van der Waals surface area contributed by atoms with Crippen LogP contribution in [0.15, 0.2) is 6.08 Å². The maximum Gasteiger partial charge on any atom is 0.0448 e. The van der Waals surface area contributed by atoms with Crippen molar-refractivity contribution in [3.05, 3.63) is 12.7 Å². The third-order valence-corrected chi connectivity index (χ3v) is 0.710. The lowest BCUT2D eigenvalue weighted by atomic mass is 10.2. The molecule has 0 fully saturated rings. The van der Waals surface area contributed by atoms with Crippen molar-refractivity contribution in [2.24, 2.45) is 5.73 Å². The zero-order valence-corrected chi connectivity index (χ0v) is 4.17. The monoisotopic (exact) mass is 100 g/mol. The standard InChI is InChI=1S/C5H10NO/c1-2-5(6)3-4-7/h1-2,5,7H,3-4,6H2. The van der Waals surface area contributed by atoms with E-state index in [9.17, 15) is 0 Å². The van der Waals surface area contributed by atoms with Crippen LogP contribution in [0.5, 0.6) is 0 Å². The summed E-state index contributed by atoms with van der Waals surface area (Å²) in [5.41, 5.74) is 5.24. The molecule has 0 saturated carbocycles. The first kappa shape index (κ1) is 6.66. The first-order valence-corrected chi connectivity index (χ1v) is 2.22. The summed E-state index contributed by atoms with van der Waals surface area (Å²) in [4.78, 5) is 0. The van der Waals surface area contributed by atoms with Gasteiger partial charge in [0.2, 0.25) is 0 Å². The summed E-state index contributed by atoms with van der Waals surface area (Å²) >= 11 is 0. The summed E-state index contributed by atoms with van der Waals surface area (Å²) in [6.07, 6.45) is 1.92. The lowest BCUT2D eigenvalue weighted by Gasteiger charge is -1.98. The fraction of sp³-hybridized carbons (Fsp3) is 0.600. The fourth-order valence-corrected chi connectivity index (χ4v) is 0.245. The molecule has 2 heteroatoms. The molecule has 3 N–H and O–H groups in total. The van der Waals surface area contributed by atoms with Crippen molar-refractivity contribution in [1.29, 1.82) is 0 Å². The smallest absolute Gasteiger partial charge is 0.0448 e. The van der Waals surface area contributed by atoms with E-state index in [4.69, 9.17) is 17.4 Å². The third-order valence-electron chi connectivity index (χ3n) is 0.710. The highest BCUT2D eigenvalue weighted by Crippen LogP contribution is 1.83. The molecule has 0 aromatic rings. The van der Waals surface area contributed by atoms with Gasteiger partial charge in [-0.05, 0) is 6.42 Å². The van der Waals surface area contributed by atoms with E-state index in [2.05, 4.69) is 0 Å². The van der Waals surface area contributed by atoms with Gasteiger partial charge in [-0.1, -0.05) is 12.7 Å². The highest BCUT2D eigenvalue weighted by molar-refractivity contribution is 4.78. The second kappa shape index (κ2) is 3.84. The van der Waals surface area contributed by atoms with Crippen LogP contribution in [0.25, 0.3) is 0 Å². The van der Waals surface area contributed by atoms with E-state index >= 15 is 0 Å². The quantitative estimate of drug-likeness (QED) is 0.511. The van der Waals surface area contributed by atoms with E-state index in [1.165, 1.54) is 6.08 Å². The van der Waals surface area contributed by atoms with Crippen LogP contribution < -0.4 is 5.73 Å². The van der Waals surface area contributed by atoms with E-state index in [0.29, 0.717) is 6.42 Å². The molecule has 1 atom stereocenters. The molecular weight excluding hydrogens is 90.1 g/mol. The predicted octanol–water partition coefficient (Wildman–Crippen LogP) is -0.315. The average Bonchev–Trinajstić information content (AvgIpc) is 1.68. The van der Waals surface area contributed by atoms with Crippen LogP contribution >= 0.6 is 0 Å². The Balaban J connectivity index is 2.98. The van der Waals surface area contributed by atoms with Crippen LogP contribution in [0.4, 0.5) is 0 Å². The first-order chi connectivity index (χ1) is 3.31. The molecule has 0 amide bonds. The van der Waals surface area contributed by atoms with Crippen molar-refractivity contribution < 1.29 is 5.11 Å². The zero-order chi connectivity index (χ0) is 5.70. The van der Waals surface area contributed by atoms with E-state index in [1.54, 1.807) is 0 Å². The number of nitrogens with two attached hydrogens (primary N) is 1. The largest absolute Gasteiger partial charge is 0.396 e. The molecule has 41 valence electrons. The van der Waals surface area contributed by atoms with Crippen molar-refractivity contribution in [1.82, 2.24) is 0 Å². The minimum atomic E-state index is -0.148. The van der Waals surface area contributed by atoms with Gasteiger partial charge in [-0.15, -0.1) is 0 Å². The Morgan fingerprint density at radius 2 is 2.43 bits per heavy atom. The van der Waals surface area contributed by atoms with Crippen LogP contribution in [0.2, 0.25) is 0 Å². The molecule has 0 aliphatic rings. The molecule has 0 saturated heterocycles. The van der Waals surface area contributed by atoms with Crippen LogP contribution in [-0.2, 0) is 0 Å². The average molecular weight is 100 g/mol. The molecule has 0 heterocycles. The first-order valence-electron chi connectivity index (χ1n) is 2.22. The summed E-state index contributed by atoms with van der Waals surface area (Å²) in [5.74, 6) is 0. The summed E-state index contributed by atoms with van der Waals surface area (Å²) in [6, 6.07) is -0.148. The van der Waals surface area contributed by atoms with Gasteiger partial charge in [0.25, 0.3) is 0 Å². The van der Waals surface area contributed by atoms with Gasteiger partial charge in [0, 0.05) is 12.6 Å². The summed E-state index contributed by atoms with van der Waals surface area (Å²) in [7, 11) is 0. The Morgan fingerprint density at radius 3 is 2.57 bits per heavy atom. The Bertz CT molecular complexity index is 54.0. The molecule has 0 aromatic carbocycles. The maximum absolute atomic E-state index is 8.21. The van der Waals surface area contributed by atoms with E-state index in [0.717, 1.165) is 0 Å². The number of hydrogen-bond donors (Lipinski definition) is 2. The molecule has 0 rings (SSSR count). The highest BCUT2D eigenvalue weighted by atomic mass is 16.3. The molecule has 0 aromatic heterocycles. The van der Waals surface area contributed by atoms with Gasteiger partial charge in [0.1, 0.15) is 0 Å². The Kier molecular flexibility index (Phi) is 3.65. The normalized spacial score (nSPS) is 13.4. The summed E-state index contributed by atoms with van der Waals surface area (Å²) in [6.45, 7) is 5.10. The molecule has 7 heavy (non-hydrogen) atoms. The molecular formula is C5H10NO. The molecule has 0 aliphatic heterocycles. The SMILES string of the molecule is [CH]=CC(N)CCO. The predicted molar refractivity (Wildman–Crippen MR) is 28.5 cm³/mol. The maximum atomic E-state index is 8.21. The second-order valence-electron chi connectivity index (χ2n) is 1.37. The molecule has 0 spiro atoms. The second-order valence-corrected chi connectivity index (χ2v) is 1.37. The van der Waals surface area contributed by atoms with Gasteiger partial charge in [0.15, 0.2) is 0 Å². The van der Waals surface area contributed by atoms with Crippen LogP contribution in [0, 0.1) is 6.58 Å². The van der Waals surface area contributed by atoms with Gasteiger partial charge in [-0.3, -0.25) is 0 Å². The van der Waals surface area contributed by atoms with Crippen molar-refractivity contribution in [3.63, 3.8) is 0 Å². The molecule has 2 nitrogen and oxygen atoms in total. The third kappa shape index (κ3) is 3.49. The van der Waals surface area contributed by atoms with E-state index < -0.39 is 0 Å². The highest BCUT2D eigenvalue weighted by Gasteiger charge is 1.90. The minimum Gasteiger partial charge on any atom is -0.396 e. The fourth-order valence-electron chi connectivity index (χ4n) is 0.245. The molecule has 1 radical (unpaired) electrons. The van der Waals surface area contributed by atoms with Gasteiger partial charge >= 0.3 is 0 Å². The van der Waals surface area contributed by atoms with E-state index in [-0.39, 0.29) is 12.6 Å². The Hall–Kier alpha value is -0.340. The Labute approximate surface area is 43.6 Å². The van der Waals surface area contributed by atoms with Gasteiger partial charge in [-0.2, -0.15) is 0 Å². The summed E-state index contributed by atoms with van der Waals surface area (Å²) in [5, 5.41) is 8.21. The number of aliphatic hydroxyl groups is 1. The molecule has 0 aliphatic carbocycles. The van der Waals surface area contributed by atoms with Gasteiger partial charge in [0.05, 0.1) is 0 Å². The van der Waals surface area contributed by atoms with Crippen molar-refractivity contribution in [2.75, 3.05) is 6.61 Å². The van der Waals surface area contributed by atoms with Crippen LogP contribution in [-0.4, -0.2) is 17.8 Å². The van der Waals surface area contributed by atoms with E-state index in [1.807, 2.05) is 0 Å². The van der Waals surface area contributed by atoms with Crippen LogP contribution in [0.1, 0.15) is 6.42 Å². The van der Waals surface area contributed by atoms with Crippen LogP contribution in [0.3, 0.4) is 0 Å². The lowest BCUT2D eigenvalue weighted by molar-refractivity contribution is 0.283. The Morgan fingerprint density at radius 1 is 1.86 bits per heavy atom. The zero-order valence-electron chi connectivity index (χ0n) is 4.17.